The van der Waals surface area contributed by atoms with Crippen LogP contribution in [-0.2, 0) is 10.9 Å². The number of nitrogens with zero attached hydrogens (tertiary/aromatic N) is 2. The van der Waals surface area contributed by atoms with Gasteiger partial charge in [-0.15, -0.1) is 0 Å². The minimum atomic E-state index is -4.43. The highest BCUT2D eigenvalue weighted by molar-refractivity contribution is 6.32. The molecule has 0 radical (unpaired) electrons. The van der Waals surface area contributed by atoms with Crippen molar-refractivity contribution < 1.29 is 42.1 Å². The molecule has 0 saturated carbocycles. The molecular weight excluding hydrogens is 567 g/mol. The zero-order chi connectivity index (χ0) is 29.1. The SMILES string of the molecule is O=C(O)OC1CCOc2cc(Oc3ccc(C(=O)Nc4cnc(-c5ccc(C(F)(F)F)cc5)cn4)cc3)c(Cl)cc21. The van der Waals surface area contributed by atoms with Crippen molar-refractivity contribution in [3.63, 3.8) is 0 Å². The van der Waals surface area contributed by atoms with Crippen LogP contribution in [0.25, 0.3) is 11.3 Å². The molecule has 4 aromatic rings. The van der Waals surface area contributed by atoms with Crippen LogP contribution < -0.4 is 14.8 Å². The highest BCUT2D eigenvalue weighted by Crippen LogP contribution is 2.42. The van der Waals surface area contributed by atoms with Crippen molar-refractivity contribution in [1.82, 2.24) is 9.97 Å². The van der Waals surface area contributed by atoms with Crippen molar-refractivity contribution in [2.24, 2.45) is 0 Å². The van der Waals surface area contributed by atoms with E-state index in [1.165, 1.54) is 42.7 Å². The second-order valence-corrected chi connectivity index (χ2v) is 9.18. The van der Waals surface area contributed by atoms with Crippen molar-refractivity contribution in [2.45, 2.75) is 18.7 Å². The fraction of sp³-hybridized carbons (Fsp3) is 0.143. The van der Waals surface area contributed by atoms with Gasteiger partial charge in [-0.25, -0.2) is 9.78 Å². The Bertz CT molecular complexity index is 1580. The van der Waals surface area contributed by atoms with E-state index in [1.54, 1.807) is 18.2 Å². The number of amides is 1. The van der Waals surface area contributed by atoms with Gasteiger partial charge in [-0.2, -0.15) is 13.2 Å². The Hall–Kier alpha value is -4.84. The molecular formula is C28H19ClF3N3O6. The highest BCUT2D eigenvalue weighted by atomic mass is 35.5. The average molecular weight is 586 g/mol. The molecule has 0 saturated heterocycles. The molecule has 1 atom stereocenters. The van der Waals surface area contributed by atoms with E-state index in [0.717, 1.165) is 12.1 Å². The van der Waals surface area contributed by atoms with E-state index in [4.69, 9.17) is 30.9 Å². The largest absolute Gasteiger partial charge is 0.506 e. The zero-order valence-electron chi connectivity index (χ0n) is 20.8. The number of carboxylic acid groups (broad SMARTS) is 1. The number of alkyl halides is 3. The molecule has 210 valence electrons. The van der Waals surface area contributed by atoms with Crippen LogP contribution in [0.15, 0.2) is 73.1 Å². The van der Waals surface area contributed by atoms with E-state index in [-0.39, 0.29) is 23.2 Å². The summed E-state index contributed by atoms with van der Waals surface area (Å²) < 4.78 is 54.7. The molecule has 41 heavy (non-hydrogen) atoms. The number of ether oxygens (including phenoxy) is 3. The summed E-state index contributed by atoms with van der Waals surface area (Å²) in [5.74, 6) is 0.707. The Morgan fingerprint density at radius 3 is 2.39 bits per heavy atom. The fourth-order valence-electron chi connectivity index (χ4n) is 4.04. The third-order valence-electron chi connectivity index (χ3n) is 6.04. The van der Waals surface area contributed by atoms with Gasteiger partial charge in [0.15, 0.2) is 5.82 Å². The molecule has 3 aromatic carbocycles. The van der Waals surface area contributed by atoms with Crippen LogP contribution in [0.4, 0.5) is 23.8 Å². The minimum Gasteiger partial charge on any atom is -0.493 e. The lowest BCUT2D eigenvalue weighted by Gasteiger charge is -2.25. The van der Waals surface area contributed by atoms with E-state index in [2.05, 4.69) is 15.3 Å². The summed E-state index contributed by atoms with van der Waals surface area (Å²) in [6.45, 7) is 0.262. The van der Waals surface area contributed by atoms with E-state index in [1.807, 2.05) is 0 Å². The molecule has 1 aliphatic heterocycles. The number of carbonyl (C=O) groups excluding carboxylic acids is 1. The third-order valence-corrected chi connectivity index (χ3v) is 6.33. The van der Waals surface area contributed by atoms with Gasteiger partial charge in [0, 0.05) is 29.2 Å². The van der Waals surface area contributed by atoms with Crippen LogP contribution in [0.3, 0.4) is 0 Å². The van der Waals surface area contributed by atoms with E-state index in [0.29, 0.717) is 40.3 Å². The molecule has 9 nitrogen and oxygen atoms in total. The second-order valence-electron chi connectivity index (χ2n) is 8.77. The molecule has 0 spiro atoms. The highest BCUT2D eigenvalue weighted by Gasteiger charge is 2.30. The number of benzene rings is 3. The topological polar surface area (TPSA) is 120 Å². The second kappa shape index (κ2) is 11.3. The summed E-state index contributed by atoms with van der Waals surface area (Å²) in [7, 11) is 0. The lowest BCUT2D eigenvalue weighted by atomic mass is 10.0. The summed E-state index contributed by atoms with van der Waals surface area (Å²) in [5, 5.41) is 11.8. The Kier molecular flexibility index (Phi) is 7.66. The lowest BCUT2D eigenvalue weighted by molar-refractivity contribution is -0.137. The van der Waals surface area contributed by atoms with Gasteiger partial charge in [0.1, 0.15) is 23.4 Å². The van der Waals surface area contributed by atoms with Crippen LogP contribution in [0.1, 0.15) is 34.0 Å². The van der Waals surface area contributed by atoms with Gasteiger partial charge >= 0.3 is 12.3 Å². The molecule has 2 N–H and O–H groups in total. The van der Waals surface area contributed by atoms with Crippen LogP contribution in [0.5, 0.6) is 17.2 Å². The summed E-state index contributed by atoms with van der Waals surface area (Å²) in [5.41, 5.74) is 0.806. The first kappa shape index (κ1) is 27.7. The third kappa shape index (κ3) is 6.49. The molecule has 0 fully saturated rings. The predicted octanol–water partition coefficient (Wildman–Crippen LogP) is 7.38. The first-order valence-electron chi connectivity index (χ1n) is 12.0. The normalized spacial score (nSPS) is 14.4. The number of nitrogens with one attached hydrogen (secondary N) is 1. The summed E-state index contributed by atoms with van der Waals surface area (Å²) in [4.78, 5) is 31.9. The Morgan fingerprint density at radius 2 is 1.76 bits per heavy atom. The first-order valence-corrected chi connectivity index (χ1v) is 12.4. The maximum Gasteiger partial charge on any atom is 0.506 e. The van der Waals surface area contributed by atoms with Crippen LogP contribution in [-0.4, -0.2) is 33.7 Å². The Labute approximate surface area is 235 Å². The van der Waals surface area contributed by atoms with E-state index in [9.17, 15) is 22.8 Å². The minimum absolute atomic E-state index is 0.150. The van der Waals surface area contributed by atoms with Crippen molar-refractivity contribution >= 4 is 29.5 Å². The van der Waals surface area contributed by atoms with Crippen LogP contribution in [0, 0.1) is 0 Å². The number of hydrogen-bond donors (Lipinski definition) is 2. The van der Waals surface area contributed by atoms with Gasteiger partial charge in [0.05, 0.1) is 35.3 Å². The average Bonchev–Trinajstić information content (AvgIpc) is 2.94. The van der Waals surface area contributed by atoms with Gasteiger partial charge in [0.2, 0.25) is 0 Å². The molecule has 1 unspecified atom stereocenters. The van der Waals surface area contributed by atoms with Gasteiger partial charge in [-0.3, -0.25) is 9.78 Å². The van der Waals surface area contributed by atoms with Crippen molar-refractivity contribution in [2.75, 3.05) is 11.9 Å². The van der Waals surface area contributed by atoms with Crippen molar-refractivity contribution in [3.8, 4) is 28.5 Å². The molecule has 1 amide bonds. The van der Waals surface area contributed by atoms with E-state index >= 15 is 0 Å². The summed E-state index contributed by atoms with van der Waals surface area (Å²) in [6, 6.07) is 13.7. The molecule has 1 aliphatic rings. The number of carbonyl (C=O) groups is 2. The maximum absolute atomic E-state index is 12.8. The standard InChI is InChI=1S/C28H19ClF3N3O6/c29-20-11-19-22(41-27(37)38)9-10-39-23(19)12-24(20)40-18-7-3-16(4-8-18)26(36)35-25-14-33-21(13-34-25)15-1-5-17(6-2-15)28(30,31)32/h1-8,11-14,22H,9-10H2,(H,37,38)(H,34,35,36). The van der Waals surface area contributed by atoms with Gasteiger partial charge in [-0.05, 0) is 42.5 Å². The van der Waals surface area contributed by atoms with E-state index < -0.39 is 29.9 Å². The number of halogens is 4. The summed E-state index contributed by atoms with van der Waals surface area (Å²) >= 11 is 6.35. The predicted molar refractivity (Wildman–Crippen MR) is 140 cm³/mol. The number of aromatic nitrogens is 2. The molecule has 2 heterocycles. The van der Waals surface area contributed by atoms with Gasteiger partial charge in [0.25, 0.3) is 5.91 Å². The fourth-order valence-corrected chi connectivity index (χ4v) is 4.25. The Balaban J connectivity index is 1.22. The summed E-state index contributed by atoms with van der Waals surface area (Å²) in [6.07, 6.45) is -3.53. The lowest BCUT2D eigenvalue weighted by Crippen LogP contribution is -2.18. The quantitative estimate of drug-likeness (QED) is 0.225. The molecule has 0 bridgehead atoms. The zero-order valence-corrected chi connectivity index (χ0v) is 21.6. The smallest absolute Gasteiger partial charge is 0.493 e. The van der Waals surface area contributed by atoms with Crippen LogP contribution in [0.2, 0.25) is 5.02 Å². The van der Waals surface area contributed by atoms with Crippen molar-refractivity contribution in [1.29, 1.82) is 0 Å². The number of fused-ring (bicyclic) bond motifs is 1. The number of anilines is 1. The van der Waals surface area contributed by atoms with Gasteiger partial charge in [-0.1, -0.05) is 23.7 Å². The first-order chi connectivity index (χ1) is 19.6. The molecule has 1 aromatic heterocycles. The molecule has 0 aliphatic carbocycles. The number of hydrogen-bond acceptors (Lipinski definition) is 7. The van der Waals surface area contributed by atoms with Crippen molar-refractivity contribution in [3.05, 3.63) is 94.8 Å². The Morgan fingerprint density at radius 1 is 1.02 bits per heavy atom. The molecule has 5 rings (SSSR count). The molecule has 13 heteroatoms. The number of rotatable bonds is 6. The maximum atomic E-state index is 12.8. The van der Waals surface area contributed by atoms with Crippen LogP contribution >= 0.6 is 11.6 Å². The monoisotopic (exact) mass is 585 g/mol. The van der Waals surface area contributed by atoms with Gasteiger partial charge < -0.3 is 24.6 Å².